The van der Waals surface area contributed by atoms with E-state index in [4.69, 9.17) is 21.3 Å². The van der Waals surface area contributed by atoms with E-state index in [0.29, 0.717) is 27.5 Å². The van der Waals surface area contributed by atoms with Crippen LogP contribution in [0.15, 0.2) is 58.2 Å². The molecule has 0 bridgehead atoms. The van der Waals surface area contributed by atoms with E-state index in [1.54, 1.807) is 0 Å². The molecule has 0 aliphatic carbocycles. The second-order valence-corrected chi connectivity index (χ2v) is 10.6. The van der Waals surface area contributed by atoms with Gasteiger partial charge in [0.25, 0.3) is 0 Å². The Bertz CT molecular complexity index is 1870. The maximum atomic E-state index is 14.4. The molecule has 0 radical (unpaired) electrons. The summed E-state index contributed by atoms with van der Waals surface area (Å²) in [5.74, 6) is -0.732. The van der Waals surface area contributed by atoms with Crippen molar-refractivity contribution < 1.29 is 80.7 Å². The number of aromatic nitrogens is 3. The molecule has 0 spiro atoms. The van der Waals surface area contributed by atoms with Crippen LogP contribution in [-0.4, -0.2) is 63.5 Å². The zero-order chi connectivity index (χ0) is 39.1. The van der Waals surface area contributed by atoms with E-state index in [9.17, 15) is 66.3 Å². The van der Waals surface area contributed by atoms with Crippen molar-refractivity contribution in [2.75, 3.05) is 7.11 Å². The van der Waals surface area contributed by atoms with Crippen molar-refractivity contribution in [3.8, 4) is 22.7 Å². The second kappa shape index (κ2) is 13.8. The number of halogens is 15. The van der Waals surface area contributed by atoms with Crippen LogP contribution in [0.25, 0.3) is 22.7 Å². The highest BCUT2D eigenvalue weighted by Crippen LogP contribution is 2.54. The Morgan fingerprint density at radius 1 is 0.784 bits per heavy atom. The van der Waals surface area contributed by atoms with Gasteiger partial charge in [-0.1, -0.05) is 21.9 Å². The summed E-state index contributed by atoms with van der Waals surface area (Å²) in [5, 5.41) is 14.4. The van der Waals surface area contributed by atoms with Crippen LogP contribution in [0.3, 0.4) is 0 Å². The maximum Gasteiger partial charge on any atom is 0.437 e. The summed E-state index contributed by atoms with van der Waals surface area (Å²) < 4.78 is 192. The lowest BCUT2D eigenvalue weighted by Gasteiger charge is -2.30. The number of rotatable bonds is 6. The molecule has 1 aromatic carbocycles. The van der Waals surface area contributed by atoms with Crippen LogP contribution < -0.4 is 0 Å². The average molecular weight is 777 g/mol. The third-order valence-electron chi connectivity index (χ3n) is 7.17. The van der Waals surface area contributed by atoms with Crippen molar-refractivity contribution in [1.29, 1.82) is 0 Å². The largest absolute Gasteiger partial charge is 0.465 e. The zero-order valence-corrected chi connectivity index (χ0v) is 26.1. The van der Waals surface area contributed by atoms with Gasteiger partial charge in [-0.15, -0.1) is 0 Å². The molecule has 0 fully saturated rings. The molecule has 4 aromatic rings. The minimum absolute atomic E-state index is 0.0108. The number of methoxy groups -OCH3 is 1. The number of nitrogens with zero attached hydrogens (tertiary/aromatic N) is 4. The van der Waals surface area contributed by atoms with Gasteiger partial charge in [-0.3, -0.25) is 0 Å². The molecule has 23 heteroatoms. The van der Waals surface area contributed by atoms with Crippen LogP contribution in [-0.2, 0) is 30.2 Å². The molecule has 3 heterocycles. The lowest BCUT2D eigenvalue weighted by atomic mass is 10.0. The molecular formula is C28H19ClF14N4O4. The topological polar surface area (TPSA) is 94.8 Å². The molecule has 51 heavy (non-hydrogen) atoms. The van der Waals surface area contributed by atoms with E-state index in [0.717, 1.165) is 33.3 Å². The lowest BCUT2D eigenvalue weighted by molar-refractivity contribution is -0.351. The van der Waals surface area contributed by atoms with Gasteiger partial charge in [0, 0.05) is 25.7 Å². The molecular weight excluding hydrogens is 758 g/mol. The molecule has 3 aromatic heterocycles. The third-order valence-corrected chi connectivity index (χ3v) is 7.50. The first-order chi connectivity index (χ1) is 23.2. The Morgan fingerprint density at radius 3 is 1.75 bits per heavy atom. The molecule has 4 rings (SSSR count). The maximum absolute atomic E-state index is 14.4. The average Bonchev–Trinajstić information content (AvgIpc) is 3.73. The van der Waals surface area contributed by atoms with E-state index >= 15 is 0 Å². The van der Waals surface area contributed by atoms with Gasteiger partial charge in [0.2, 0.25) is 0 Å². The van der Waals surface area contributed by atoms with Crippen LogP contribution in [0.1, 0.15) is 27.4 Å². The van der Waals surface area contributed by atoms with E-state index < -0.39 is 53.4 Å². The summed E-state index contributed by atoms with van der Waals surface area (Å²) in [7, 11) is 2.76. The second-order valence-electron chi connectivity index (χ2n) is 10.2. The van der Waals surface area contributed by atoms with Crippen molar-refractivity contribution in [3.63, 3.8) is 0 Å². The SMILES string of the molecule is COC(=O)c1cc(-c2cc(-c3ccc(C(F)(C(F)(F)F)C(F)(F)F)n3C)no2)ccc1Cl.Cn1c(C=NO)ccc1C(F)(C(F)(F)F)C(F)(F)F. The molecule has 0 aliphatic heterocycles. The minimum Gasteiger partial charge on any atom is -0.465 e. The minimum atomic E-state index is -6.25. The van der Waals surface area contributed by atoms with Gasteiger partial charge in [-0.05, 0) is 42.5 Å². The highest BCUT2D eigenvalue weighted by Gasteiger charge is 2.75. The summed E-state index contributed by atoms with van der Waals surface area (Å²) in [5.41, 5.74) is -14.9. The van der Waals surface area contributed by atoms with E-state index in [-0.39, 0.29) is 39.0 Å². The fraction of sp³-hybridized carbons (Fsp3) is 0.321. The predicted molar refractivity (Wildman–Crippen MR) is 147 cm³/mol. The van der Waals surface area contributed by atoms with Gasteiger partial charge in [0.1, 0.15) is 5.69 Å². The number of hydrogen-bond acceptors (Lipinski definition) is 6. The van der Waals surface area contributed by atoms with Gasteiger partial charge >= 0.3 is 42.0 Å². The number of hydrogen-bond donors (Lipinski definition) is 1. The van der Waals surface area contributed by atoms with Gasteiger partial charge < -0.3 is 23.6 Å². The number of carbonyl (C=O) groups excluding carboxylic acids is 1. The summed E-state index contributed by atoms with van der Waals surface area (Å²) in [6.07, 6.45) is -24.3. The first kappa shape index (κ1) is 40.7. The lowest BCUT2D eigenvalue weighted by Crippen LogP contribution is -2.51. The normalized spacial score (nSPS) is 13.4. The Hall–Kier alpha value is -4.76. The van der Waals surface area contributed by atoms with Crippen molar-refractivity contribution in [2.45, 2.75) is 36.0 Å². The van der Waals surface area contributed by atoms with E-state index in [1.165, 1.54) is 24.3 Å². The number of alkyl halides is 14. The molecule has 0 aliphatic rings. The summed E-state index contributed by atoms with van der Waals surface area (Å²) in [6.45, 7) is 0. The quantitative estimate of drug-likeness (QED) is 0.0693. The first-order valence-corrected chi connectivity index (χ1v) is 13.6. The van der Waals surface area contributed by atoms with E-state index in [1.807, 2.05) is 0 Å². The van der Waals surface area contributed by atoms with Gasteiger partial charge in [-0.2, -0.15) is 52.7 Å². The van der Waals surface area contributed by atoms with Gasteiger partial charge in [-0.25, -0.2) is 13.6 Å². The van der Waals surface area contributed by atoms with Crippen molar-refractivity contribution in [1.82, 2.24) is 14.3 Å². The first-order valence-electron chi connectivity index (χ1n) is 13.2. The standard InChI is InChI=1S/C19H12ClF7N2O3.C9H7F7N2O/c1-29-13(5-6-15(29)17(21,18(22,23)24)19(25,26)27)12-8-14(32-28-12)9-3-4-11(20)10(7-9)16(30)31-2;1-18-5(4-17-19)2-3-6(18)7(10,8(11,12)13)9(14,15)16/h3-8H,1-2H3;2-4,19H,1H3. The molecule has 8 nitrogen and oxygen atoms in total. The molecule has 0 amide bonds. The zero-order valence-electron chi connectivity index (χ0n) is 25.3. The molecule has 280 valence electrons. The number of benzene rings is 1. The van der Waals surface area contributed by atoms with Crippen LogP contribution in [0.5, 0.6) is 0 Å². The monoisotopic (exact) mass is 776 g/mol. The summed E-state index contributed by atoms with van der Waals surface area (Å²) in [6, 6.07) is 7.62. The fourth-order valence-electron chi connectivity index (χ4n) is 4.56. The van der Waals surface area contributed by atoms with Crippen molar-refractivity contribution in [2.24, 2.45) is 19.3 Å². The predicted octanol–water partition coefficient (Wildman–Crippen LogP) is 9.20. The van der Waals surface area contributed by atoms with E-state index in [2.05, 4.69) is 15.0 Å². The highest BCUT2D eigenvalue weighted by atomic mass is 35.5. The van der Waals surface area contributed by atoms with Gasteiger partial charge in [0.15, 0.2) is 5.76 Å². The Balaban J connectivity index is 0.000000316. The molecule has 0 saturated carbocycles. The molecule has 0 saturated heterocycles. The van der Waals surface area contributed by atoms with Crippen LogP contribution in [0.2, 0.25) is 5.02 Å². The van der Waals surface area contributed by atoms with Crippen molar-refractivity contribution >= 4 is 23.8 Å². The highest BCUT2D eigenvalue weighted by molar-refractivity contribution is 6.33. The van der Waals surface area contributed by atoms with Crippen LogP contribution in [0, 0.1) is 0 Å². The summed E-state index contributed by atoms with van der Waals surface area (Å²) >= 11 is 5.93. The fourth-order valence-corrected chi connectivity index (χ4v) is 4.75. The smallest absolute Gasteiger partial charge is 0.437 e. The van der Waals surface area contributed by atoms with Crippen LogP contribution in [0.4, 0.5) is 61.5 Å². The number of ether oxygens (including phenoxy) is 1. The number of carbonyl (C=O) groups is 1. The number of oxime groups is 1. The molecule has 0 atom stereocenters. The Kier molecular flexibility index (Phi) is 11.0. The van der Waals surface area contributed by atoms with Crippen molar-refractivity contribution in [3.05, 3.63) is 76.2 Å². The number of esters is 1. The Labute approximate surface area is 280 Å². The Morgan fingerprint density at radius 2 is 1.27 bits per heavy atom. The third kappa shape index (κ3) is 7.22. The molecule has 1 N–H and O–H groups in total. The van der Waals surface area contributed by atoms with Gasteiger partial charge in [0.05, 0.1) is 46.7 Å². The molecule has 0 unspecified atom stereocenters. The van der Waals surface area contributed by atoms with Crippen LogP contribution >= 0.6 is 11.6 Å². The summed E-state index contributed by atoms with van der Waals surface area (Å²) in [4.78, 5) is 11.8.